The minimum absolute atomic E-state index is 0.0336. The summed E-state index contributed by atoms with van der Waals surface area (Å²) in [6, 6.07) is 17.7. The zero-order valence-corrected chi connectivity index (χ0v) is 15.6. The lowest BCUT2D eigenvalue weighted by Crippen LogP contribution is -2.36. The Hall–Kier alpha value is -2.14. The molecule has 0 heterocycles. The summed E-state index contributed by atoms with van der Waals surface area (Å²) in [5.74, 6) is 3.37. The third-order valence-corrected chi connectivity index (χ3v) is 4.58. The molecular formula is C20H25NO3S. The molecule has 2 aromatic rings. The number of hydrogen-bond acceptors (Lipinski definition) is 4. The molecule has 1 N–H and O–H groups in total. The van der Waals surface area contributed by atoms with Gasteiger partial charge in [-0.25, -0.2) is 0 Å². The van der Waals surface area contributed by atoms with E-state index in [0.717, 1.165) is 23.0 Å². The minimum atomic E-state index is -0.0336. The molecule has 0 aliphatic carbocycles. The average Bonchev–Trinajstić information content (AvgIpc) is 2.65. The van der Waals surface area contributed by atoms with Gasteiger partial charge < -0.3 is 14.8 Å². The number of carbonyl (C=O) groups is 1. The van der Waals surface area contributed by atoms with Crippen molar-refractivity contribution >= 4 is 17.7 Å². The monoisotopic (exact) mass is 359 g/mol. The molecule has 0 unspecified atom stereocenters. The molecule has 0 bridgehead atoms. The first kappa shape index (κ1) is 19.2. The second-order valence-corrected chi connectivity index (χ2v) is 6.85. The van der Waals surface area contributed by atoms with Crippen LogP contribution < -0.4 is 14.8 Å². The van der Waals surface area contributed by atoms with E-state index in [1.807, 2.05) is 49.4 Å². The normalized spacial score (nSPS) is 11.6. The van der Waals surface area contributed by atoms with Crippen molar-refractivity contribution in [1.82, 2.24) is 5.32 Å². The van der Waals surface area contributed by atoms with E-state index < -0.39 is 0 Å². The average molecular weight is 359 g/mol. The van der Waals surface area contributed by atoms with Gasteiger partial charge in [-0.2, -0.15) is 11.8 Å². The van der Waals surface area contributed by atoms with Crippen molar-refractivity contribution in [1.29, 1.82) is 0 Å². The van der Waals surface area contributed by atoms with Crippen molar-refractivity contribution in [3.8, 4) is 11.5 Å². The molecule has 2 rings (SSSR count). The number of benzene rings is 2. The number of carbonyl (C=O) groups excluding carboxylic acids is 1. The molecule has 1 amide bonds. The maximum absolute atomic E-state index is 12.0. The lowest BCUT2D eigenvalue weighted by Gasteiger charge is -2.15. The van der Waals surface area contributed by atoms with E-state index in [4.69, 9.17) is 9.47 Å². The van der Waals surface area contributed by atoms with Gasteiger partial charge in [-0.15, -0.1) is 0 Å². The Morgan fingerprint density at radius 2 is 1.76 bits per heavy atom. The van der Waals surface area contributed by atoms with Crippen LogP contribution in [0.2, 0.25) is 0 Å². The van der Waals surface area contributed by atoms with Gasteiger partial charge in [0.05, 0.1) is 13.2 Å². The molecule has 2 aromatic carbocycles. The minimum Gasteiger partial charge on any atom is -0.497 e. The quantitative estimate of drug-likeness (QED) is 0.654. The number of rotatable bonds is 10. The van der Waals surface area contributed by atoms with Gasteiger partial charge in [0, 0.05) is 17.9 Å². The first-order valence-electron chi connectivity index (χ1n) is 8.35. The van der Waals surface area contributed by atoms with E-state index in [0.29, 0.717) is 13.0 Å². The first-order chi connectivity index (χ1) is 12.2. The summed E-state index contributed by atoms with van der Waals surface area (Å²) in [4.78, 5) is 12.0. The SMILES string of the molecule is COc1ccc(OC[C@H](C)NC(=O)CCSCc2ccccc2)cc1. The molecule has 0 radical (unpaired) electrons. The van der Waals surface area contributed by atoms with Crippen molar-refractivity contribution in [2.24, 2.45) is 0 Å². The van der Waals surface area contributed by atoms with Crippen molar-refractivity contribution in [3.05, 3.63) is 60.2 Å². The van der Waals surface area contributed by atoms with Crippen LogP contribution in [0.25, 0.3) is 0 Å². The highest BCUT2D eigenvalue weighted by atomic mass is 32.2. The standard InChI is InChI=1S/C20H25NO3S/c1-16(14-24-19-10-8-18(23-2)9-11-19)21-20(22)12-13-25-15-17-6-4-3-5-7-17/h3-11,16H,12-15H2,1-2H3,(H,21,22)/t16-/m0/s1. The number of thioether (sulfide) groups is 1. The van der Waals surface area contributed by atoms with Gasteiger partial charge in [-0.1, -0.05) is 30.3 Å². The summed E-state index contributed by atoms with van der Waals surface area (Å²) in [6.07, 6.45) is 0.518. The van der Waals surface area contributed by atoms with Gasteiger partial charge in [-0.05, 0) is 36.8 Å². The van der Waals surface area contributed by atoms with Crippen LogP contribution in [0.5, 0.6) is 11.5 Å². The molecule has 5 heteroatoms. The molecule has 0 fully saturated rings. The van der Waals surface area contributed by atoms with E-state index in [-0.39, 0.29) is 11.9 Å². The predicted octanol–water partition coefficient (Wildman–Crippen LogP) is 3.90. The maximum Gasteiger partial charge on any atom is 0.221 e. The fourth-order valence-corrected chi connectivity index (χ4v) is 3.11. The molecule has 0 aromatic heterocycles. The van der Waals surface area contributed by atoms with Gasteiger partial charge in [0.25, 0.3) is 0 Å². The molecule has 0 aliphatic rings. The maximum atomic E-state index is 12.0. The first-order valence-corrected chi connectivity index (χ1v) is 9.50. The van der Waals surface area contributed by atoms with Gasteiger partial charge in [0.2, 0.25) is 5.91 Å². The zero-order valence-electron chi connectivity index (χ0n) is 14.7. The lowest BCUT2D eigenvalue weighted by molar-refractivity contribution is -0.121. The number of nitrogens with one attached hydrogen (secondary N) is 1. The third kappa shape index (κ3) is 7.52. The van der Waals surface area contributed by atoms with Crippen LogP contribution in [0.3, 0.4) is 0 Å². The van der Waals surface area contributed by atoms with Crippen LogP contribution in [0.1, 0.15) is 18.9 Å². The Morgan fingerprint density at radius 3 is 2.44 bits per heavy atom. The summed E-state index contributed by atoms with van der Waals surface area (Å²) < 4.78 is 10.8. The van der Waals surface area contributed by atoms with Gasteiger partial charge in [-0.3, -0.25) is 4.79 Å². The summed E-state index contributed by atoms with van der Waals surface area (Å²) >= 11 is 1.77. The van der Waals surface area contributed by atoms with Crippen LogP contribution in [0.4, 0.5) is 0 Å². The third-order valence-electron chi connectivity index (χ3n) is 3.55. The summed E-state index contributed by atoms with van der Waals surface area (Å²) in [5, 5.41) is 2.97. The lowest BCUT2D eigenvalue weighted by atomic mass is 10.2. The summed E-state index contributed by atoms with van der Waals surface area (Å²) in [6.45, 7) is 2.38. The van der Waals surface area contributed by atoms with Crippen LogP contribution in [0.15, 0.2) is 54.6 Å². The van der Waals surface area contributed by atoms with Crippen molar-refractivity contribution in [2.45, 2.75) is 25.1 Å². The van der Waals surface area contributed by atoms with Crippen molar-refractivity contribution < 1.29 is 14.3 Å². The van der Waals surface area contributed by atoms with E-state index in [1.54, 1.807) is 18.9 Å². The molecule has 4 nitrogen and oxygen atoms in total. The van der Waals surface area contributed by atoms with Gasteiger partial charge >= 0.3 is 0 Å². The molecule has 0 spiro atoms. The second-order valence-electron chi connectivity index (χ2n) is 5.74. The van der Waals surface area contributed by atoms with Crippen LogP contribution in [-0.4, -0.2) is 31.4 Å². The molecule has 0 aliphatic heterocycles. The highest BCUT2D eigenvalue weighted by molar-refractivity contribution is 7.98. The topological polar surface area (TPSA) is 47.6 Å². The van der Waals surface area contributed by atoms with Gasteiger partial charge in [0.1, 0.15) is 18.1 Å². The fraction of sp³-hybridized carbons (Fsp3) is 0.350. The van der Waals surface area contributed by atoms with E-state index in [1.165, 1.54) is 5.56 Å². The van der Waals surface area contributed by atoms with E-state index in [2.05, 4.69) is 17.4 Å². The number of ether oxygens (including phenoxy) is 2. The molecule has 0 saturated carbocycles. The van der Waals surface area contributed by atoms with E-state index in [9.17, 15) is 4.79 Å². The van der Waals surface area contributed by atoms with Crippen LogP contribution in [-0.2, 0) is 10.5 Å². The zero-order chi connectivity index (χ0) is 17.9. The van der Waals surface area contributed by atoms with Crippen LogP contribution >= 0.6 is 11.8 Å². The molecular weight excluding hydrogens is 334 g/mol. The van der Waals surface area contributed by atoms with Crippen LogP contribution in [0, 0.1) is 0 Å². The predicted molar refractivity (Wildman–Crippen MR) is 103 cm³/mol. The van der Waals surface area contributed by atoms with Crippen molar-refractivity contribution in [2.75, 3.05) is 19.5 Å². The molecule has 134 valence electrons. The molecule has 1 atom stereocenters. The highest BCUT2D eigenvalue weighted by Gasteiger charge is 2.08. The molecule has 25 heavy (non-hydrogen) atoms. The number of methoxy groups -OCH3 is 1. The largest absolute Gasteiger partial charge is 0.497 e. The highest BCUT2D eigenvalue weighted by Crippen LogP contribution is 2.17. The Labute approximate surface area is 153 Å². The van der Waals surface area contributed by atoms with Crippen molar-refractivity contribution in [3.63, 3.8) is 0 Å². The Bertz CT molecular complexity index is 631. The number of hydrogen-bond donors (Lipinski definition) is 1. The Kier molecular flexibility index (Phi) is 8.19. The van der Waals surface area contributed by atoms with E-state index >= 15 is 0 Å². The Morgan fingerprint density at radius 1 is 1.08 bits per heavy atom. The molecule has 0 saturated heterocycles. The number of amides is 1. The fourth-order valence-electron chi connectivity index (χ4n) is 2.21. The van der Waals surface area contributed by atoms with Gasteiger partial charge in [0.15, 0.2) is 0 Å². The Balaban J connectivity index is 1.59. The summed E-state index contributed by atoms with van der Waals surface area (Å²) in [5.41, 5.74) is 1.29. The summed E-state index contributed by atoms with van der Waals surface area (Å²) in [7, 11) is 1.63. The second kappa shape index (κ2) is 10.7. The smallest absolute Gasteiger partial charge is 0.221 e.